The van der Waals surface area contributed by atoms with Crippen molar-refractivity contribution >= 4 is 23.9 Å². The molecular weight excluding hydrogens is 248 g/mol. The molecule has 2 N–H and O–H groups in total. The molecule has 0 aromatic rings. The van der Waals surface area contributed by atoms with Crippen LogP contribution in [0.4, 0.5) is 0 Å². The maximum Gasteiger partial charge on any atom is 0.349 e. The van der Waals surface area contributed by atoms with Crippen LogP contribution in [0.15, 0.2) is 0 Å². The number of aliphatic carboxylic acids is 2. The standard InChI is InChI=1S/C10H14O8/c1-3-17-8(14)5-10(9(15)16,4-7(12)13)18-6(2)11/h3-5H2,1-2H3,(H,12,13)(H,15,16). The van der Waals surface area contributed by atoms with E-state index in [9.17, 15) is 19.2 Å². The van der Waals surface area contributed by atoms with Gasteiger partial charge in [-0.2, -0.15) is 0 Å². The lowest BCUT2D eigenvalue weighted by atomic mass is 9.95. The van der Waals surface area contributed by atoms with Gasteiger partial charge in [0, 0.05) is 6.92 Å². The van der Waals surface area contributed by atoms with Crippen molar-refractivity contribution in [3.05, 3.63) is 0 Å². The second-order valence-corrected chi connectivity index (χ2v) is 3.45. The van der Waals surface area contributed by atoms with Crippen LogP contribution < -0.4 is 0 Å². The van der Waals surface area contributed by atoms with Gasteiger partial charge in [0.2, 0.25) is 5.60 Å². The largest absolute Gasteiger partial charge is 0.481 e. The van der Waals surface area contributed by atoms with E-state index in [1.807, 2.05) is 0 Å². The van der Waals surface area contributed by atoms with Crippen LogP contribution in [0.3, 0.4) is 0 Å². The molecule has 0 spiro atoms. The van der Waals surface area contributed by atoms with E-state index in [0.29, 0.717) is 0 Å². The van der Waals surface area contributed by atoms with Gasteiger partial charge in [-0.1, -0.05) is 0 Å². The Labute approximate surface area is 102 Å². The SMILES string of the molecule is CCOC(=O)CC(CC(=O)O)(OC(C)=O)C(=O)O. The van der Waals surface area contributed by atoms with Gasteiger partial charge in [-0.25, -0.2) is 4.79 Å². The molecule has 0 aromatic heterocycles. The van der Waals surface area contributed by atoms with Crippen molar-refractivity contribution in [1.29, 1.82) is 0 Å². The highest BCUT2D eigenvalue weighted by atomic mass is 16.6. The number of carbonyl (C=O) groups is 4. The molecule has 0 saturated carbocycles. The Morgan fingerprint density at radius 3 is 2.00 bits per heavy atom. The fourth-order valence-electron chi connectivity index (χ4n) is 1.29. The summed E-state index contributed by atoms with van der Waals surface area (Å²) in [4.78, 5) is 43.8. The molecule has 0 aliphatic rings. The molecule has 0 heterocycles. The van der Waals surface area contributed by atoms with Crippen LogP contribution in [0.1, 0.15) is 26.7 Å². The van der Waals surface area contributed by atoms with Gasteiger partial charge in [-0.05, 0) is 6.92 Å². The van der Waals surface area contributed by atoms with E-state index < -0.39 is 42.3 Å². The zero-order valence-corrected chi connectivity index (χ0v) is 9.97. The molecule has 0 fully saturated rings. The highest BCUT2D eigenvalue weighted by Crippen LogP contribution is 2.23. The minimum absolute atomic E-state index is 0.00166. The van der Waals surface area contributed by atoms with Crippen molar-refractivity contribution < 1.29 is 38.9 Å². The average molecular weight is 262 g/mol. The highest BCUT2D eigenvalue weighted by molar-refractivity contribution is 5.90. The van der Waals surface area contributed by atoms with Gasteiger partial charge in [0.15, 0.2) is 0 Å². The number of ether oxygens (including phenoxy) is 2. The predicted molar refractivity (Wildman–Crippen MR) is 55.6 cm³/mol. The Balaban J connectivity index is 5.18. The molecule has 0 aromatic carbocycles. The second kappa shape index (κ2) is 6.58. The third kappa shape index (κ3) is 4.81. The Kier molecular flexibility index (Phi) is 5.80. The van der Waals surface area contributed by atoms with Gasteiger partial charge >= 0.3 is 23.9 Å². The summed E-state index contributed by atoms with van der Waals surface area (Å²) in [6.07, 6.45) is -1.89. The van der Waals surface area contributed by atoms with Crippen molar-refractivity contribution in [1.82, 2.24) is 0 Å². The van der Waals surface area contributed by atoms with Gasteiger partial charge in [0.25, 0.3) is 0 Å². The van der Waals surface area contributed by atoms with E-state index >= 15 is 0 Å². The van der Waals surface area contributed by atoms with Crippen LogP contribution in [0.2, 0.25) is 0 Å². The molecule has 0 rings (SSSR count). The van der Waals surface area contributed by atoms with Crippen molar-refractivity contribution in [2.45, 2.75) is 32.3 Å². The van der Waals surface area contributed by atoms with Crippen molar-refractivity contribution in [2.24, 2.45) is 0 Å². The van der Waals surface area contributed by atoms with E-state index in [2.05, 4.69) is 9.47 Å². The lowest BCUT2D eigenvalue weighted by Gasteiger charge is -2.26. The third-order valence-corrected chi connectivity index (χ3v) is 1.90. The molecule has 8 heteroatoms. The molecule has 0 aliphatic heterocycles. The van der Waals surface area contributed by atoms with Crippen molar-refractivity contribution in [3.8, 4) is 0 Å². The molecule has 0 bridgehead atoms. The van der Waals surface area contributed by atoms with E-state index in [0.717, 1.165) is 6.92 Å². The molecule has 0 radical (unpaired) electrons. The average Bonchev–Trinajstić information content (AvgIpc) is 2.14. The fraction of sp³-hybridized carbons (Fsp3) is 0.600. The fourth-order valence-corrected chi connectivity index (χ4v) is 1.29. The normalized spacial score (nSPS) is 13.2. The second-order valence-electron chi connectivity index (χ2n) is 3.45. The first kappa shape index (κ1) is 15.9. The van der Waals surface area contributed by atoms with E-state index in [-0.39, 0.29) is 6.61 Å². The van der Waals surface area contributed by atoms with Gasteiger partial charge < -0.3 is 19.7 Å². The minimum atomic E-state index is -2.44. The molecule has 18 heavy (non-hydrogen) atoms. The van der Waals surface area contributed by atoms with E-state index in [1.165, 1.54) is 6.92 Å². The van der Waals surface area contributed by atoms with Crippen LogP contribution in [0, 0.1) is 0 Å². The first-order valence-corrected chi connectivity index (χ1v) is 5.04. The van der Waals surface area contributed by atoms with E-state index in [1.54, 1.807) is 0 Å². The zero-order chi connectivity index (χ0) is 14.3. The molecule has 102 valence electrons. The maximum atomic E-state index is 11.3. The Morgan fingerprint density at radius 2 is 1.67 bits per heavy atom. The first-order chi connectivity index (χ1) is 8.23. The minimum Gasteiger partial charge on any atom is -0.481 e. The van der Waals surface area contributed by atoms with E-state index in [4.69, 9.17) is 10.2 Å². The van der Waals surface area contributed by atoms with Gasteiger partial charge in [-0.3, -0.25) is 14.4 Å². The molecule has 0 saturated heterocycles. The van der Waals surface area contributed by atoms with Crippen LogP contribution in [-0.4, -0.2) is 46.3 Å². The Bertz CT molecular complexity index is 343. The number of carboxylic acids is 2. The quantitative estimate of drug-likeness (QED) is 0.604. The summed E-state index contributed by atoms with van der Waals surface area (Å²) in [6, 6.07) is 0. The summed E-state index contributed by atoms with van der Waals surface area (Å²) in [7, 11) is 0. The number of carboxylic acid groups (broad SMARTS) is 2. The summed E-state index contributed by atoms with van der Waals surface area (Å²) in [5.41, 5.74) is -2.44. The monoisotopic (exact) mass is 262 g/mol. The van der Waals surface area contributed by atoms with Crippen LogP contribution in [0.5, 0.6) is 0 Å². The van der Waals surface area contributed by atoms with Crippen LogP contribution in [-0.2, 0) is 28.7 Å². The molecule has 0 aliphatic carbocycles. The zero-order valence-electron chi connectivity index (χ0n) is 9.97. The van der Waals surface area contributed by atoms with Crippen molar-refractivity contribution in [2.75, 3.05) is 6.61 Å². The predicted octanol–water partition coefficient (Wildman–Crippen LogP) is -0.199. The van der Waals surface area contributed by atoms with Crippen molar-refractivity contribution in [3.63, 3.8) is 0 Å². The van der Waals surface area contributed by atoms with Gasteiger partial charge in [-0.15, -0.1) is 0 Å². The smallest absolute Gasteiger partial charge is 0.349 e. The molecule has 1 unspecified atom stereocenters. The molecule has 1 atom stereocenters. The first-order valence-electron chi connectivity index (χ1n) is 5.04. The van der Waals surface area contributed by atoms with Gasteiger partial charge in [0.1, 0.15) is 0 Å². The molecular formula is C10H14O8. The number of esters is 2. The number of carbonyl (C=O) groups excluding carboxylic acids is 2. The number of hydrogen-bond acceptors (Lipinski definition) is 6. The lowest BCUT2D eigenvalue weighted by molar-refractivity contribution is -0.185. The van der Waals surface area contributed by atoms with Crippen LogP contribution in [0.25, 0.3) is 0 Å². The summed E-state index contributed by atoms with van der Waals surface area (Å²) in [5.74, 6) is -5.18. The molecule has 8 nitrogen and oxygen atoms in total. The Hall–Kier alpha value is -2.12. The number of hydrogen-bond donors (Lipinski definition) is 2. The maximum absolute atomic E-state index is 11.3. The van der Waals surface area contributed by atoms with Crippen LogP contribution >= 0.6 is 0 Å². The number of rotatable bonds is 7. The molecule has 0 amide bonds. The summed E-state index contributed by atoms with van der Waals surface area (Å²) in [6.45, 7) is 2.43. The topological polar surface area (TPSA) is 127 Å². The summed E-state index contributed by atoms with van der Waals surface area (Å²) >= 11 is 0. The third-order valence-electron chi connectivity index (χ3n) is 1.90. The highest BCUT2D eigenvalue weighted by Gasteiger charge is 2.47. The Morgan fingerprint density at radius 1 is 1.11 bits per heavy atom. The lowest BCUT2D eigenvalue weighted by Crippen LogP contribution is -2.47. The summed E-state index contributed by atoms with van der Waals surface area (Å²) in [5, 5.41) is 17.6. The summed E-state index contributed by atoms with van der Waals surface area (Å²) < 4.78 is 9.03. The van der Waals surface area contributed by atoms with Gasteiger partial charge in [0.05, 0.1) is 19.4 Å².